The van der Waals surface area contributed by atoms with E-state index in [4.69, 9.17) is 9.11 Å². The van der Waals surface area contributed by atoms with Crippen molar-refractivity contribution in [2.75, 3.05) is 0 Å². The molecule has 0 amide bonds. The van der Waals surface area contributed by atoms with Crippen LogP contribution in [0.4, 0.5) is 5.69 Å². The van der Waals surface area contributed by atoms with E-state index in [1.165, 1.54) is 47.3 Å². The number of nitrogens with zero attached hydrogens (tertiary/aromatic N) is 3. The third kappa shape index (κ3) is 4.83. The van der Waals surface area contributed by atoms with E-state index >= 15 is 0 Å². The minimum Gasteiger partial charge on any atom is -0.298 e. The van der Waals surface area contributed by atoms with Crippen molar-refractivity contribution in [2.45, 2.75) is 16.3 Å². The lowest BCUT2D eigenvalue weighted by molar-refractivity contribution is 0.481. The van der Waals surface area contributed by atoms with E-state index in [0.29, 0.717) is 11.4 Å². The normalized spacial score (nSPS) is 12.5. The predicted octanol–water partition coefficient (Wildman–Crippen LogP) is 1.94. The Hall–Kier alpha value is -3.13. The van der Waals surface area contributed by atoms with Crippen molar-refractivity contribution in [2.24, 2.45) is 10.2 Å². The van der Waals surface area contributed by atoms with Crippen molar-refractivity contribution in [3.8, 4) is 5.69 Å². The first kappa shape index (κ1) is 20.6. The van der Waals surface area contributed by atoms with E-state index in [-0.39, 0.29) is 21.9 Å². The molecule has 1 aromatic heterocycles. The number of aromatic amines is 1. The zero-order valence-electron chi connectivity index (χ0n) is 14.5. The first-order valence-electron chi connectivity index (χ1n) is 7.88. The number of benzene rings is 2. The number of aromatic nitrogens is 2. The van der Waals surface area contributed by atoms with E-state index in [1.807, 2.05) is 0 Å². The highest BCUT2D eigenvalue weighted by atomic mass is 32.2. The zero-order valence-corrected chi connectivity index (χ0v) is 16.1. The van der Waals surface area contributed by atoms with Gasteiger partial charge in [0.25, 0.3) is 25.8 Å². The van der Waals surface area contributed by atoms with Crippen LogP contribution in [0.2, 0.25) is 0 Å². The summed E-state index contributed by atoms with van der Waals surface area (Å²) in [5.74, 6) is 0. The second kappa shape index (κ2) is 7.71. The molecule has 0 saturated carbocycles. The fourth-order valence-electron chi connectivity index (χ4n) is 2.36. The van der Waals surface area contributed by atoms with Crippen LogP contribution in [0, 0.1) is 0 Å². The molecule has 3 rings (SSSR count). The monoisotopic (exact) mass is 438 g/mol. The molecule has 0 saturated heterocycles. The summed E-state index contributed by atoms with van der Waals surface area (Å²) in [5, 5.41) is 10.5. The Morgan fingerprint density at radius 1 is 0.862 bits per heavy atom. The van der Waals surface area contributed by atoms with E-state index < -0.39 is 25.8 Å². The Kier molecular flexibility index (Phi) is 5.48. The summed E-state index contributed by atoms with van der Waals surface area (Å²) < 4.78 is 63.2. The lowest BCUT2D eigenvalue weighted by atomic mass is 10.3. The van der Waals surface area contributed by atoms with Crippen molar-refractivity contribution in [1.82, 2.24) is 9.78 Å². The molecule has 0 spiro atoms. The van der Waals surface area contributed by atoms with E-state index in [2.05, 4.69) is 15.3 Å². The number of rotatable bonds is 6. The van der Waals surface area contributed by atoms with Crippen LogP contribution in [0.15, 0.2) is 79.5 Å². The molecule has 0 aliphatic heterocycles. The maximum absolute atomic E-state index is 12.4. The highest BCUT2D eigenvalue weighted by Gasteiger charge is 2.12. The summed E-state index contributed by atoms with van der Waals surface area (Å²) in [6.45, 7) is -0.0640. The third-order valence-corrected chi connectivity index (χ3v) is 5.54. The van der Waals surface area contributed by atoms with E-state index in [0.717, 1.165) is 12.1 Å². The Balaban J connectivity index is 1.75. The molecule has 3 N–H and O–H groups in total. The standard InChI is InChI=1S/C16H14N4O7S2/c21-16-11(9-17-19-12-1-5-14(6-2-12)28(22,23)24)10-18-20(16)13-3-7-15(8-4-13)29(25,26)27/h1-8,10,18H,9H2,(H,22,23,24)(H,25,26,27). The highest BCUT2D eigenvalue weighted by molar-refractivity contribution is 7.86. The first-order chi connectivity index (χ1) is 13.6. The van der Waals surface area contributed by atoms with Gasteiger partial charge in [-0.25, -0.2) is 4.68 Å². The molecular formula is C16H14N4O7S2. The Labute approximate surface area is 164 Å². The Bertz CT molecular complexity index is 1320. The number of nitrogens with one attached hydrogen (secondary N) is 1. The smallest absolute Gasteiger partial charge is 0.294 e. The van der Waals surface area contributed by atoms with Gasteiger partial charge in [0, 0.05) is 6.20 Å². The van der Waals surface area contributed by atoms with Gasteiger partial charge < -0.3 is 0 Å². The van der Waals surface area contributed by atoms with Gasteiger partial charge >= 0.3 is 0 Å². The molecule has 0 aliphatic rings. The summed E-state index contributed by atoms with van der Waals surface area (Å²) in [5.41, 5.74) is 0.535. The van der Waals surface area contributed by atoms with Crippen molar-refractivity contribution in [1.29, 1.82) is 0 Å². The maximum Gasteiger partial charge on any atom is 0.294 e. The highest BCUT2D eigenvalue weighted by Crippen LogP contribution is 2.17. The minimum atomic E-state index is -4.33. The lowest BCUT2D eigenvalue weighted by Crippen LogP contribution is -2.17. The Morgan fingerprint density at radius 2 is 1.38 bits per heavy atom. The number of azo groups is 1. The molecule has 3 aromatic rings. The van der Waals surface area contributed by atoms with E-state index in [1.54, 1.807) is 0 Å². The summed E-state index contributed by atoms with van der Waals surface area (Å²) in [6, 6.07) is 10.1. The topological polar surface area (TPSA) is 171 Å². The number of hydrogen-bond donors (Lipinski definition) is 3. The molecular weight excluding hydrogens is 424 g/mol. The molecule has 13 heteroatoms. The van der Waals surface area contributed by atoms with Crippen LogP contribution in [0.5, 0.6) is 0 Å². The SMILES string of the molecule is O=c1c(CN=Nc2ccc(S(=O)(=O)O)cc2)c[nH]n1-c1ccc(S(=O)(=O)O)cc1. The summed E-state index contributed by atoms with van der Waals surface area (Å²) in [6.07, 6.45) is 1.42. The number of H-pyrrole nitrogens is 1. The van der Waals surface area contributed by atoms with Gasteiger partial charge in [0.05, 0.1) is 33.3 Å². The molecule has 1 heterocycles. The molecule has 0 fully saturated rings. The first-order valence-corrected chi connectivity index (χ1v) is 10.8. The van der Waals surface area contributed by atoms with Gasteiger partial charge in [-0.2, -0.15) is 27.1 Å². The molecule has 152 valence electrons. The average molecular weight is 438 g/mol. The fraction of sp³-hybridized carbons (Fsp3) is 0.0625. The molecule has 0 radical (unpaired) electrons. The fourth-order valence-corrected chi connectivity index (χ4v) is 3.32. The van der Waals surface area contributed by atoms with Crippen molar-refractivity contribution in [3.05, 3.63) is 70.6 Å². The van der Waals surface area contributed by atoms with Crippen LogP contribution < -0.4 is 5.56 Å². The van der Waals surface area contributed by atoms with Crippen LogP contribution in [-0.4, -0.2) is 35.7 Å². The second-order valence-corrected chi connectivity index (χ2v) is 8.62. The van der Waals surface area contributed by atoms with Crippen LogP contribution in [-0.2, 0) is 26.8 Å². The zero-order chi connectivity index (χ0) is 21.2. The van der Waals surface area contributed by atoms with Gasteiger partial charge in [0.1, 0.15) is 0 Å². The maximum atomic E-state index is 12.4. The van der Waals surface area contributed by atoms with Crippen LogP contribution >= 0.6 is 0 Å². The van der Waals surface area contributed by atoms with Crippen LogP contribution in [0.3, 0.4) is 0 Å². The van der Waals surface area contributed by atoms with Gasteiger partial charge in [0.2, 0.25) is 0 Å². The average Bonchev–Trinajstić information content (AvgIpc) is 3.01. The van der Waals surface area contributed by atoms with Gasteiger partial charge in [-0.3, -0.25) is 19.0 Å². The molecule has 0 bridgehead atoms. The van der Waals surface area contributed by atoms with Crippen LogP contribution in [0.25, 0.3) is 5.69 Å². The molecule has 0 unspecified atom stereocenters. The third-order valence-electron chi connectivity index (χ3n) is 3.80. The molecule has 0 atom stereocenters. The summed E-state index contributed by atoms with van der Waals surface area (Å²) >= 11 is 0. The summed E-state index contributed by atoms with van der Waals surface area (Å²) in [7, 11) is -8.62. The molecule has 2 aromatic carbocycles. The van der Waals surface area contributed by atoms with Crippen molar-refractivity contribution < 1.29 is 25.9 Å². The van der Waals surface area contributed by atoms with Crippen molar-refractivity contribution >= 4 is 25.9 Å². The van der Waals surface area contributed by atoms with Crippen LogP contribution in [0.1, 0.15) is 5.56 Å². The van der Waals surface area contributed by atoms with E-state index in [9.17, 15) is 21.6 Å². The Morgan fingerprint density at radius 3 is 1.90 bits per heavy atom. The van der Waals surface area contributed by atoms with Gasteiger partial charge in [-0.1, -0.05) is 0 Å². The largest absolute Gasteiger partial charge is 0.298 e. The predicted molar refractivity (Wildman–Crippen MR) is 101 cm³/mol. The van der Waals surface area contributed by atoms with Gasteiger partial charge in [-0.15, -0.1) is 0 Å². The van der Waals surface area contributed by atoms with Gasteiger partial charge in [-0.05, 0) is 48.5 Å². The second-order valence-electron chi connectivity index (χ2n) is 5.78. The molecule has 29 heavy (non-hydrogen) atoms. The molecule has 0 aliphatic carbocycles. The number of hydrogen-bond acceptors (Lipinski definition) is 7. The lowest BCUT2D eigenvalue weighted by Gasteiger charge is -2.02. The summed E-state index contributed by atoms with van der Waals surface area (Å²) in [4.78, 5) is 11.8. The quantitative estimate of drug-likeness (QED) is 0.390. The van der Waals surface area contributed by atoms with Crippen molar-refractivity contribution in [3.63, 3.8) is 0 Å². The molecule has 11 nitrogen and oxygen atoms in total. The van der Waals surface area contributed by atoms with Gasteiger partial charge in [0.15, 0.2) is 0 Å². The minimum absolute atomic E-state index is 0.0640.